The summed E-state index contributed by atoms with van der Waals surface area (Å²) in [4.78, 5) is 18.2. The summed E-state index contributed by atoms with van der Waals surface area (Å²) in [5.74, 6) is -0.294. The van der Waals surface area contributed by atoms with E-state index < -0.39 is 23.7 Å². The molecule has 3 heterocycles. The summed E-state index contributed by atoms with van der Waals surface area (Å²) in [6.45, 7) is 1.37. The lowest BCUT2D eigenvalue weighted by Gasteiger charge is -2.30. The van der Waals surface area contributed by atoms with Crippen molar-refractivity contribution in [3.63, 3.8) is 0 Å². The number of hydrogen-bond acceptors (Lipinski definition) is 5. The van der Waals surface area contributed by atoms with E-state index in [1.54, 1.807) is 18.2 Å². The molecule has 0 unspecified atom stereocenters. The van der Waals surface area contributed by atoms with Gasteiger partial charge in [-0.1, -0.05) is 0 Å². The van der Waals surface area contributed by atoms with Crippen LogP contribution in [0.3, 0.4) is 0 Å². The van der Waals surface area contributed by atoms with Crippen molar-refractivity contribution in [3.8, 4) is 5.88 Å². The summed E-state index contributed by atoms with van der Waals surface area (Å²) in [5.41, 5.74) is -0.124. The Bertz CT molecular complexity index is 901. The molecule has 27 heavy (non-hydrogen) atoms. The third kappa shape index (κ3) is 2.97. The average Bonchev–Trinajstić information content (AvgIpc) is 2.94. The van der Waals surface area contributed by atoms with Crippen molar-refractivity contribution in [1.82, 2.24) is 15.2 Å². The van der Waals surface area contributed by atoms with E-state index in [0.29, 0.717) is 30.9 Å². The number of piperazine rings is 1. The lowest BCUT2D eigenvalue weighted by Crippen LogP contribution is -2.44. The third-order valence-corrected chi connectivity index (χ3v) is 4.79. The van der Waals surface area contributed by atoms with E-state index in [-0.39, 0.29) is 17.1 Å². The Morgan fingerprint density at radius 1 is 1.37 bits per heavy atom. The number of pyridine rings is 1. The Morgan fingerprint density at radius 3 is 2.93 bits per heavy atom. The quantitative estimate of drug-likeness (QED) is 0.860. The first-order valence-corrected chi connectivity index (χ1v) is 8.43. The number of amides is 1. The van der Waals surface area contributed by atoms with E-state index in [1.165, 1.54) is 18.2 Å². The maximum atomic E-state index is 13.7. The number of anilines is 2. The lowest BCUT2D eigenvalue weighted by molar-refractivity contribution is -0.137. The van der Waals surface area contributed by atoms with E-state index >= 15 is 0 Å². The smallest absolute Gasteiger partial charge is 0.417 e. The van der Waals surface area contributed by atoms with Gasteiger partial charge in [0.05, 0.1) is 24.3 Å². The Labute approximate surface area is 153 Å². The van der Waals surface area contributed by atoms with Crippen LogP contribution in [-0.4, -0.2) is 42.5 Å². The number of methoxy groups -OCH3 is 1. The number of carbonyl (C=O) groups excluding carboxylic acids is 1. The fourth-order valence-electron chi connectivity index (χ4n) is 3.63. The fraction of sp³-hybridized carbons (Fsp3) is 0.333. The molecule has 1 aromatic carbocycles. The second-order valence-electron chi connectivity index (χ2n) is 6.39. The molecule has 4 rings (SSSR count). The monoisotopic (exact) mass is 378 g/mol. The Morgan fingerprint density at radius 2 is 2.19 bits per heavy atom. The molecule has 0 aliphatic carbocycles. The number of fused-ring (bicyclic) bond motifs is 3. The maximum absolute atomic E-state index is 13.7. The van der Waals surface area contributed by atoms with Gasteiger partial charge in [0.15, 0.2) is 0 Å². The number of benzene rings is 1. The summed E-state index contributed by atoms with van der Waals surface area (Å²) in [6, 6.07) is 5.48. The predicted molar refractivity (Wildman–Crippen MR) is 92.2 cm³/mol. The number of nitrogens with zero attached hydrogens (tertiary/aromatic N) is 2. The molecule has 2 N–H and O–H groups in total. The van der Waals surface area contributed by atoms with Crippen molar-refractivity contribution < 1.29 is 22.7 Å². The highest BCUT2D eigenvalue weighted by molar-refractivity contribution is 6.01. The number of alkyl halides is 3. The highest BCUT2D eigenvalue weighted by Crippen LogP contribution is 2.44. The number of carbonyl (C=O) groups is 1. The molecule has 6 nitrogen and oxygen atoms in total. The van der Waals surface area contributed by atoms with Gasteiger partial charge in [0.25, 0.3) is 5.91 Å². The van der Waals surface area contributed by atoms with Crippen molar-refractivity contribution >= 4 is 17.3 Å². The number of aromatic nitrogens is 1. The molecule has 2 aliphatic heterocycles. The molecular weight excluding hydrogens is 361 g/mol. The van der Waals surface area contributed by atoms with Crippen molar-refractivity contribution in [1.29, 1.82) is 0 Å². The highest BCUT2D eigenvalue weighted by atomic mass is 19.4. The summed E-state index contributed by atoms with van der Waals surface area (Å²) in [6.07, 6.45) is -3.11. The topological polar surface area (TPSA) is 66.5 Å². The molecule has 0 saturated carbocycles. The summed E-state index contributed by atoms with van der Waals surface area (Å²) < 4.78 is 46.3. The Balaban J connectivity index is 1.83. The van der Waals surface area contributed by atoms with Crippen LogP contribution in [0.4, 0.5) is 24.5 Å². The van der Waals surface area contributed by atoms with Gasteiger partial charge in [-0.05, 0) is 29.8 Å². The molecule has 142 valence electrons. The molecule has 0 radical (unpaired) electrons. The van der Waals surface area contributed by atoms with Crippen LogP contribution in [-0.2, 0) is 6.18 Å². The van der Waals surface area contributed by atoms with Crippen LogP contribution in [0.15, 0.2) is 30.5 Å². The number of halogens is 3. The number of hydrogen-bond donors (Lipinski definition) is 2. The molecule has 0 bridgehead atoms. The zero-order valence-electron chi connectivity index (χ0n) is 14.4. The minimum atomic E-state index is -4.64. The van der Waals surface area contributed by atoms with Crippen molar-refractivity contribution in [2.24, 2.45) is 0 Å². The molecule has 1 amide bonds. The highest BCUT2D eigenvalue weighted by Gasteiger charge is 2.45. The molecule has 9 heteroatoms. The fourth-order valence-corrected chi connectivity index (χ4v) is 3.63. The van der Waals surface area contributed by atoms with Gasteiger partial charge in [0.2, 0.25) is 5.88 Å². The van der Waals surface area contributed by atoms with Gasteiger partial charge in [0.1, 0.15) is 5.69 Å². The molecule has 1 atom stereocenters. The van der Waals surface area contributed by atoms with Gasteiger partial charge < -0.3 is 20.3 Å². The van der Waals surface area contributed by atoms with E-state index in [2.05, 4.69) is 15.6 Å². The van der Waals surface area contributed by atoms with Crippen LogP contribution in [0.5, 0.6) is 5.88 Å². The maximum Gasteiger partial charge on any atom is 0.417 e. The molecule has 1 saturated heterocycles. The van der Waals surface area contributed by atoms with Crippen LogP contribution in [0.1, 0.15) is 27.5 Å². The van der Waals surface area contributed by atoms with Gasteiger partial charge >= 0.3 is 6.18 Å². The molecule has 0 spiro atoms. The van der Waals surface area contributed by atoms with E-state index in [1.807, 2.05) is 0 Å². The van der Waals surface area contributed by atoms with Gasteiger partial charge in [-0.15, -0.1) is 0 Å². The number of rotatable bonds is 3. The second-order valence-corrected chi connectivity index (χ2v) is 6.39. The van der Waals surface area contributed by atoms with Gasteiger partial charge in [-0.25, -0.2) is 4.98 Å². The lowest BCUT2D eigenvalue weighted by atomic mass is 9.97. The second kappa shape index (κ2) is 6.41. The minimum Gasteiger partial charge on any atom is -0.480 e. The predicted octanol–water partition coefficient (Wildman–Crippen LogP) is 2.95. The van der Waals surface area contributed by atoms with E-state index in [0.717, 1.165) is 6.07 Å². The Hall–Kier alpha value is -2.81. The van der Waals surface area contributed by atoms with Crippen LogP contribution >= 0.6 is 0 Å². The summed E-state index contributed by atoms with van der Waals surface area (Å²) in [7, 11) is 1.43. The first-order valence-electron chi connectivity index (χ1n) is 8.43. The summed E-state index contributed by atoms with van der Waals surface area (Å²) in [5, 5.41) is 6.08. The molecular formula is C18H17F3N4O2. The van der Waals surface area contributed by atoms with Gasteiger partial charge in [0, 0.05) is 31.5 Å². The van der Waals surface area contributed by atoms with E-state index in [4.69, 9.17) is 4.74 Å². The molecule has 2 aliphatic rings. The third-order valence-electron chi connectivity index (χ3n) is 4.79. The molecule has 1 fully saturated rings. The van der Waals surface area contributed by atoms with Crippen molar-refractivity contribution in [3.05, 3.63) is 47.2 Å². The van der Waals surface area contributed by atoms with Crippen molar-refractivity contribution in [2.45, 2.75) is 12.2 Å². The zero-order valence-corrected chi connectivity index (χ0v) is 14.4. The van der Waals surface area contributed by atoms with Crippen LogP contribution in [0, 0.1) is 0 Å². The van der Waals surface area contributed by atoms with Gasteiger partial charge in [-0.3, -0.25) is 4.79 Å². The number of nitrogens with one attached hydrogen (secondary N) is 2. The zero-order chi connectivity index (χ0) is 19.2. The standard InChI is InChI=1S/C18H17F3N4O2/c1-27-16-13(3-2-4-23-16)24-10-7-11-14-9-22-5-6-25(14)17(26)15(11)12(8-10)18(19,20)21/h2-4,7-8,14,22,24H,5-6,9H2,1H3/t14-/m0/s1. The largest absolute Gasteiger partial charge is 0.480 e. The first-order chi connectivity index (χ1) is 12.9. The first kappa shape index (κ1) is 17.6. The Kier molecular flexibility index (Phi) is 4.18. The summed E-state index contributed by atoms with van der Waals surface area (Å²) >= 11 is 0. The average molecular weight is 378 g/mol. The van der Waals surface area contributed by atoms with E-state index in [9.17, 15) is 18.0 Å². The van der Waals surface area contributed by atoms with Crippen LogP contribution < -0.4 is 15.4 Å². The SMILES string of the molecule is COc1ncccc1Nc1cc2c(c(C(F)(F)F)c1)C(=O)N1CCNC[C@@H]21. The number of ether oxygens (including phenoxy) is 1. The van der Waals surface area contributed by atoms with Crippen LogP contribution in [0.25, 0.3) is 0 Å². The normalized spacial score (nSPS) is 18.9. The van der Waals surface area contributed by atoms with Crippen molar-refractivity contribution in [2.75, 3.05) is 32.1 Å². The minimum absolute atomic E-state index is 0.229. The molecule has 2 aromatic rings. The van der Waals surface area contributed by atoms with Gasteiger partial charge in [-0.2, -0.15) is 13.2 Å². The molecule has 1 aromatic heterocycles. The van der Waals surface area contributed by atoms with Crippen LogP contribution in [0.2, 0.25) is 0 Å².